The standard InChI is InChI=1S/C20H19F4N3O/c1-3-4-5-6-27-11-26-17-9-14(16(21)8-15(17)19(27)28)18-12(2)7-13(10-25-18)20(22,23)24/h7-11H,3-6H2,1-2H3. The van der Waals surface area contributed by atoms with Gasteiger partial charge in [-0.15, -0.1) is 0 Å². The van der Waals surface area contributed by atoms with Gasteiger partial charge in [-0.05, 0) is 37.1 Å². The number of aryl methyl sites for hydroxylation is 2. The van der Waals surface area contributed by atoms with E-state index in [0.29, 0.717) is 12.7 Å². The summed E-state index contributed by atoms with van der Waals surface area (Å²) in [4.78, 5) is 20.6. The average Bonchev–Trinajstić information content (AvgIpc) is 2.63. The minimum atomic E-state index is -4.53. The second kappa shape index (κ2) is 7.69. The maximum atomic E-state index is 14.7. The van der Waals surface area contributed by atoms with Crippen molar-refractivity contribution in [2.24, 2.45) is 0 Å². The molecule has 0 aliphatic heterocycles. The summed E-state index contributed by atoms with van der Waals surface area (Å²) in [6.45, 7) is 3.98. The molecule has 3 aromatic rings. The van der Waals surface area contributed by atoms with E-state index in [1.54, 1.807) is 0 Å². The molecule has 2 aromatic heterocycles. The predicted molar refractivity (Wildman–Crippen MR) is 98.5 cm³/mol. The molecule has 0 atom stereocenters. The average molecular weight is 393 g/mol. The van der Waals surface area contributed by atoms with Gasteiger partial charge in [-0.25, -0.2) is 9.37 Å². The zero-order valence-corrected chi connectivity index (χ0v) is 15.5. The first-order valence-electron chi connectivity index (χ1n) is 8.95. The van der Waals surface area contributed by atoms with Crippen LogP contribution in [0.2, 0.25) is 0 Å². The number of pyridine rings is 1. The van der Waals surface area contributed by atoms with Gasteiger partial charge in [0.05, 0.1) is 28.5 Å². The molecule has 0 bridgehead atoms. The van der Waals surface area contributed by atoms with Gasteiger partial charge in [0.15, 0.2) is 0 Å². The molecule has 1 aromatic carbocycles. The lowest BCUT2D eigenvalue weighted by Gasteiger charge is -2.12. The van der Waals surface area contributed by atoms with Crippen molar-refractivity contribution in [1.82, 2.24) is 14.5 Å². The Bertz CT molecular complexity index is 1070. The van der Waals surface area contributed by atoms with E-state index >= 15 is 0 Å². The third kappa shape index (κ3) is 3.90. The van der Waals surface area contributed by atoms with E-state index < -0.39 is 17.6 Å². The largest absolute Gasteiger partial charge is 0.417 e. The van der Waals surface area contributed by atoms with Crippen LogP contribution in [0.4, 0.5) is 17.6 Å². The second-order valence-electron chi connectivity index (χ2n) is 6.69. The number of fused-ring (bicyclic) bond motifs is 1. The number of benzene rings is 1. The minimum absolute atomic E-state index is 0.00866. The SMILES string of the molecule is CCCCCn1cnc2cc(-c3ncc(C(F)(F)F)cc3C)c(F)cc2c1=O. The third-order valence-corrected chi connectivity index (χ3v) is 4.58. The summed E-state index contributed by atoms with van der Waals surface area (Å²) in [5, 5.41) is 0.129. The zero-order chi connectivity index (χ0) is 20.5. The van der Waals surface area contributed by atoms with Crippen LogP contribution in [0.15, 0.2) is 35.5 Å². The van der Waals surface area contributed by atoms with Gasteiger partial charge in [-0.1, -0.05) is 19.8 Å². The molecule has 2 heterocycles. The lowest BCUT2D eigenvalue weighted by atomic mass is 10.0. The van der Waals surface area contributed by atoms with Crippen LogP contribution in [0, 0.1) is 12.7 Å². The first-order chi connectivity index (χ1) is 13.2. The van der Waals surface area contributed by atoms with Crippen molar-refractivity contribution in [2.45, 2.75) is 45.8 Å². The molecule has 0 saturated carbocycles. The van der Waals surface area contributed by atoms with E-state index in [1.165, 1.54) is 23.9 Å². The van der Waals surface area contributed by atoms with Crippen molar-refractivity contribution in [3.05, 3.63) is 58.0 Å². The maximum absolute atomic E-state index is 14.7. The summed E-state index contributed by atoms with van der Waals surface area (Å²) in [7, 11) is 0. The molecular weight excluding hydrogens is 374 g/mol. The highest BCUT2D eigenvalue weighted by atomic mass is 19.4. The number of rotatable bonds is 5. The fraction of sp³-hybridized carbons (Fsp3) is 0.350. The van der Waals surface area contributed by atoms with E-state index in [9.17, 15) is 22.4 Å². The Labute approximate surface area is 158 Å². The first-order valence-corrected chi connectivity index (χ1v) is 8.95. The summed E-state index contributed by atoms with van der Waals surface area (Å²) >= 11 is 0. The Hall–Kier alpha value is -2.77. The Balaban J connectivity index is 2.06. The van der Waals surface area contributed by atoms with Crippen LogP contribution in [0.5, 0.6) is 0 Å². The van der Waals surface area contributed by atoms with E-state index in [0.717, 1.165) is 31.4 Å². The van der Waals surface area contributed by atoms with Crippen LogP contribution >= 0.6 is 0 Å². The van der Waals surface area contributed by atoms with Gasteiger partial charge in [0.2, 0.25) is 0 Å². The predicted octanol–water partition coefficient (Wildman–Crippen LogP) is 5.12. The Morgan fingerprint density at radius 1 is 1.11 bits per heavy atom. The number of nitrogens with zero attached hydrogens (tertiary/aromatic N) is 3. The molecule has 0 radical (unpaired) electrons. The van der Waals surface area contributed by atoms with Gasteiger partial charge in [-0.3, -0.25) is 14.3 Å². The number of hydrogen-bond acceptors (Lipinski definition) is 3. The van der Waals surface area contributed by atoms with Crippen molar-refractivity contribution in [2.75, 3.05) is 0 Å². The topological polar surface area (TPSA) is 47.8 Å². The number of halogens is 4. The van der Waals surface area contributed by atoms with E-state index in [4.69, 9.17) is 0 Å². The van der Waals surface area contributed by atoms with Gasteiger partial charge in [0.25, 0.3) is 5.56 Å². The number of alkyl halides is 3. The third-order valence-electron chi connectivity index (χ3n) is 4.58. The second-order valence-corrected chi connectivity index (χ2v) is 6.69. The highest BCUT2D eigenvalue weighted by Gasteiger charge is 2.31. The quantitative estimate of drug-likeness (QED) is 0.447. The monoisotopic (exact) mass is 393 g/mol. The summed E-state index contributed by atoms with van der Waals surface area (Å²) in [5.41, 5.74) is -0.697. The molecule has 0 fully saturated rings. The molecule has 0 aliphatic carbocycles. The molecule has 0 amide bonds. The van der Waals surface area contributed by atoms with Gasteiger partial charge in [0, 0.05) is 18.3 Å². The Morgan fingerprint density at radius 2 is 1.86 bits per heavy atom. The molecular formula is C20H19F4N3O. The molecule has 148 valence electrons. The van der Waals surface area contributed by atoms with Crippen molar-refractivity contribution >= 4 is 10.9 Å². The molecule has 0 unspecified atom stereocenters. The fourth-order valence-corrected chi connectivity index (χ4v) is 3.06. The highest BCUT2D eigenvalue weighted by Crippen LogP contribution is 2.33. The van der Waals surface area contributed by atoms with Crippen molar-refractivity contribution in [3.8, 4) is 11.3 Å². The van der Waals surface area contributed by atoms with Crippen molar-refractivity contribution in [1.29, 1.82) is 0 Å². The molecule has 8 heteroatoms. The maximum Gasteiger partial charge on any atom is 0.417 e. The molecule has 0 spiro atoms. The summed E-state index contributed by atoms with van der Waals surface area (Å²) < 4.78 is 54.6. The number of aromatic nitrogens is 3. The number of unbranched alkanes of at least 4 members (excludes halogenated alkanes) is 2. The Kier molecular flexibility index (Phi) is 5.49. The minimum Gasteiger partial charge on any atom is -0.299 e. The van der Waals surface area contributed by atoms with Gasteiger partial charge < -0.3 is 0 Å². The molecule has 0 N–H and O–H groups in total. The lowest BCUT2D eigenvalue weighted by Crippen LogP contribution is -2.21. The molecule has 3 rings (SSSR count). The first kappa shape index (κ1) is 20.0. The van der Waals surface area contributed by atoms with Crippen LogP contribution in [0.1, 0.15) is 37.3 Å². The summed E-state index contributed by atoms with van der Waals surface area (Å²) in [6.07, 6.45) is 0.353. The number of hydrogen-bond donors (Lipinski definition) is 0. The normalized spacial score (nSPS) is 11.9. The van der Waals surface area contributed by atoms with Crippen molar-refractivity contribution < 1.29 is 17.6 Å². The zero-order valence-electron chi connectivity index (χ0n) is 15.5. The van der Waals surface area contributed by atoms with Gasteiger partial charge in [0.1, 0.15) is 5.82 Å². The highest BCUT2D eigenvalue weighted by molar-refractivity contribution is 5.83. The molecule has 0 saturated heterocycles. The summed E-state index contributed by atoms with van der Waals surface area (Å²) in [6, 6.07) is 3.35. The van der Waals surface area contributed by atoms with Crippen LogP contribution in [0.25, 0.3) is 22.2 Å². The summed E-state index contributed by atoms with van der Waals surface area (Å²) in [5.74, 6) is -0.729. The van der Waals surface area contributed by atoms with E-state index in [-0.39, 0.29) is 33.3 Å². The van der Waals surface area contributed by atoms with Crippen LogP contribution in [-0.4, -0.2) is 14.5 Å². The van der Waals surface area contributed by atoms with Crippen molar-refractivity contribution in [3.63, 3.8) is 0 Å². The van der Waals surface area contributed by atoms with Gasteiger partial charge in [-0.2, -0.15) is 13.2 Å². The van der Waals surface area contributed by atoms with E-state index in [2.05, 4.69) is 16.9 Å². The molecule has 4 nitrogen and oxygen atoms in total. The lowest BCUT2D eigenvalue weighted by molar-refractivity contribution is -0.137. The Morgan fingerprint density at radius 3 is 2.50 bits per heavy atom. The van der Waals surface area contributed by atoms with E-state index in [1.807, 2.05) is 0 Å². The van der Waals surface area contributed by atoms with Gasteiger partial charge >= 0.3 is 6.18 Å². The smallest absolute Gasteiger partial charge is 0.299 e. The molecule has 0 aliphatic rings. The van der Waals surface area contributed by atoms with Crippen LogP contribution < -0.4 is 5.56 Å². The molecule has 28 heavy (non-hydrogen) atoms. The van der Waals surface area contributed by atoms with Crippen LogP contribution in [0.3, 0.4) is 0 Å². The van der Waals surface area contributed by atoms with Crippen LogP contribution in [-0.2, 0) is 12.7 Å². The fourth-order valence-electron chi connectivity index (χ4n) is 3.06.